The highest BCUT2D eigenvalue weighted by Crippen LogP contribution is 2.15. The summed E-state index contributed by atoms with van der Waals surface area (Å²) in [5.74, 6) is -0.324. The van der Waals surface area contributed by atoms with Gasteiger partial charge in [0.1, 0.15) is 0 Å². The number of esters is 1. The summed E-state index contributed by atoms with van der Waals surface area (Å²) in [5, 5.41) is 0. The number of methoxy groups -OCH3 is 1. The van der Waals surface area contributed by atoms with Gasteiger partial charge in [-0.1, -0.05) is 19.1 Å². The zero-order valence-electron chi connectivity index (χ0n) is 8.49. The van der Waals surface area contributed by atoms with Crippen molar-refractivity contribution in [2.24, 2.45) is 5.73 Å². The van der Waals surface area contributed by atoms with Gasteiger partial charge in [-0.25, -0.2) is 4.79 Å². The van der Waals surface area contributed by atoms with Crippen LogP contribution < -0.4 is 5.73 Å². The third kappa shape index (κ3) is 2.33. The third-order valence-electron chi connectivity index (χ3n) is 2.18. The van der Waals surface area contributed by atoms with Gasteiger partial charge in [0.15, 0.2) is 0 Å². The minimum atomic E-state index is -0.324. The van der Waals surface area contributed by atoms with Crippen LogP contribution in [-0.4, -0.2) is 13.1 Å². The summed E-state index contributed by atoms with van der Waals surface area (Å²) in [7, 11) is 1.37. The second-order valence-electron chi connectivity index (χ2n) is 3.13. The van der Waals surface area contributed by atoms with E-state index in [0.29, 0.717) is 5.56 Å². The fraction of sp³-hybridized carbons (Fsp3) is 0.364. The average Bonchev–Trinajstić information content (AvgIpc) is 2.27. The smallest absolute Gasteiger partial charge is 0.337 e. The van der Waals surface area contributed by atoms with Gasteiger partial charge in [-0.05, 0) is 24.1 Å². The summed E-state index contributed by atoms with van der Waals surface area (Å²) in [6.45, 7) is 2.01. The van der Waals surface area contributed by atoms with E-state index < -0.39 is 0 Å². The number of benzene rings is 1. The molecule has 0 fully saturated rings. The number of nitrogens with two attached hydrogens (primary N) is 1. The number of carbonyl (C=O) groups excluding carboxylic acids is 1. The molecule has 0 radical (unpaired) electrons. The molecule has 0 aliphatic heterocycles. The highest BCUT2D eigenvalue weighted by atomic mass is 16.5. The van der Waals surface area contributed by atoms with Crippen molar-refractivity contribution in [1.82, 2.24) is 0 Å². The lowest BCUT2D eigenvalue weighted by Crippen LogP contribution is -2.10. The lowest BCUT2D eigenvalue weighted by molar-refractivity contribution is 0.0600. The standard InChI is InChI=1S/C11H15NO2/c1-3-10(12)8-5-4-6-9(7-8)11(13)14-2/h4-7,10H,3,12H2,1-2H3. The summed E-state index contributed by atoms with van der Waals surface area (Å²) < 4.78 is 4.62. The van der Waals surface area contributed by atoms with Crippen molar-refractivity contribution in [3.63, 3.8) is 0 Å². The van der Waals surface area contributed by atoms with Crippen molar-refractivity contribution in [3.8, 4) is 0 Å². The molecule has 0 bridgehead atoms. The van der Waals surface area contributed by atoms with Crippen molar-refractivity contribution < 1.29 is 9.53 Å². The molecule has 1 atom stereocenters. The molecule has 1 aromatic carbocycles. The van der Waals surface area contributed by atoms with E-state index in [1.807, 2.05) is 19.1 Å². The Morgan fingerprint density at radius 1 is 1.57 bits per heavy atom. The van der Waals surface area contributed by atoms with Gasteiger partial charge in [-0.2, -0.15) is 0 Å². The Morgan fingerprint density at radius 2 is 2.29 bits per heavy atom. The summed E-state index contributed by atoms with van der Waals surface area (Å²) in [6.07, 6.45) is 0.852. The molecule has 3 nitrogen and oxygen atoms in total. The van der Waals surface area contributed by atoms with Gasteiger partial charge in [0.2, 0.25) is 0 Å². The van der Waals surface area contributed by atoms with E-state index in [-0.39, 0.29) is 12.0 Å². The van der Waals surface area contributed by atoms with Crippen LogP contribution in [0.3, 0.4) is 0 Å². The van der Waals surface area contributed by atoms with Crippen LogP contribution in [0.4, 0.5) is 0 Å². The zero-order valence-corrected chi connectivity index (χ0v) is 8.49. The first kappa shape index (κ1) is 10.7. The first-order valence-electron chi connectivity index (χ1n) is 4.63. The Balaban J connectivity index is 2.95. The molecule has 1 unspecified atom stereocenters. The molecule has 0 aromatic heterocycles. The molecule has 3 heteroatoms. The number of hydrogen-bond acceptors (Lipinski definition) is 3. The molecule has 14 heavy (non-hydrogen) atoms. The highest BCUT2D eigenvalue weighted by Gasteiger charge is 2.08. The first-order valence-corrected chi connectivity index (χ1v) is 4.63. The summed E-state index contributed by atoms with van der Waals surface area (Å²) in [5.41, 5.74) is 7.37. The molecule has 0 amide bonds. The van der Waals surface area contributed by atoms with Crippen LogP contribution in [-0.2, 0) is 4.74 Å². The van der Waals surface area contributed by atoms with Gasteiger partial charge in [-0.3, -0.25) is 0 Å². The Bertz CT molecular complexity index is 323. The van der Waals surface area contributed by atoms with Gasteiger partial charge < -0.3 is 10.5 Å². The fourth-order valence-electron chi connectivity index (χ4n) is 1.25. The van der Waals surface area contributed by atoms with Gasteiger partial charge >= 0.3 is 5.97 Å². The van der Waals surface area contributed by atoms with E-state index in [0.717, 1.165) is 12.0 Å². The molecule has 0 saturated carbocycles. The monoisotopic (exact) mass is 193 g/mol. The third-order valence-corrected chi connectivity index (χ3v) is 2.18. The van der Waals surface area contributed by atoms with Crippen LogP contribution >= 0.6 is 0 Å². The van der Waals surface area contributed by atoms with E-state index >= 15 is 0 Å². The van der Waals surface area contributed by atoms with Crippen LogP contribution in [0.2, 0.25) is 0 Å². The normalized spacial score (nSPS) is 12.2. The number of rotatable bonds is 3. The van der Waals surface area contributed by atoms with E-state index in [2.05, 4.69) is 4.74 Å². The van der Waals surface area contributed by atoms with Crippen LogP contribution in [0, 0.1) is 0 Å². The largest absolute Gasteiger partial charge is 0.465 e. The predicted octanol–water partition coefficient (Wildman–Crippen LogP) is 1.88. The zero-order chi connectivity index (χ0) is 10.6. The van der Waals surface area contributed by atoms with Crippen LogP contribution in [0.1, 0.15) is 35.3 Å². The highest BCUT2D eigenvalue weighted by molar-refractivity contribution is 5.89. The second-order valence-corrected chi connectivity index (χ2v) is 3.13. The molecule has 1 aromatic rings. The molecular weight excluding hydrogens is 178 g/mol. The van der Waals surface area contributed by atoms with Crippen molar-refractivity contribution in [2.75, 3.05) is 7.11 Å². The minimum Gasteiger partial charge on any atom is -0.465 e. The van der Waals surface area contributed by atoms with Crippen molar-refractivity contribution in [2.45, 2.75) is 19.4 Å². The molecule has 1 rings (SSSR count). The second kappa shape index (κ2) is 4.77. The lowest BCUT2D eigenvalue weighted by Gasteiger charge is -2.09. The fourth-order valence-corrected chi connectivity index (χ4v) is 1.25. The Kier molecular flexibility index (Phi) is 3.65. The maximum atomic E-state index is 11.2. The Labute approximate surface area is 83.9 Å². The average molecular weight is 193 g/mol. The summed E-state index contributed by atoms with van der Waals surface area (Å²) in [4.78, 5) is 11.2. The number of carbonyl (C=O) groups is 1. The molecule has 0 saturated heterocycles. The van der Waals surface area contributed by atoms with E-state index in [9.17, 15) is 4.79 Å². The molecule has 0 heterocycles. The van der Waals surface area contributed by atoms with Crippen molar-refractivity contribution >= 4 is 5.97 Å². The number of hydrogen-bond donors (Lipinski definition) is 1. The summed E-state index contributed by atoms with van der Waals surface area (Å²) in [6, 6.07) is 7.22. The molecule has 0 aliphatic carbocycles. The minimum absolute atomic E-state index is 0.0143. The van der Waals surface area contributed by atoms with E-state index in [4.69, 9.17) is 5.73 Å². The molecule has 0 spiro atoms. The molecule has 2 N–H and O–H groups in total. The topological polar surface area (TPSA) is 52.3 Å². The Hall–Kier alpha value is -1.35. The SMILES string of the molecule is CCC(N)c1cccc(C(=O)OC)c1. The quantitative estimate of drug-likeness (QED) is 0.746. The summed E-state index contributed by atoms with van der Waals surface area (Å²) >= 11 is 0. The van der Waals surface area contributed by atoms with Gasteiger partial charge in [-0.15, -0.1) is 0 Å². The van der Waals surface area contributed by atoms with Gasteiger partial charge in [0.05, 0.1) is 12.7 Å². The van der Waals surface area contributed by atoms with Crippen molar-refractivity contribution in [3.05, 3.63) is 35.4 Å². The van der Waals surface area contributed by atoms with Crippen molar-refractivity contribution in [1.29, 1.82) is 0 Å². The molecule has 76 valence electrons. The van der Waals surface area contributed by atoms with E-state index in [1.165, 1.54) is 7.11 Å². The van der Waals surface area contributed by atoms with Crippen LogP contribution in [0.25, 0.3) is 0 Å². The van der Waals surface area contributed by atoms with Gasteiger partial charge in [0, 0.05) is 6.04 Å². The number of ether oxygens (including phenoxy) is 1. The lowest BCUT2D eigenvalue weighted by atomic mass is 10.0. The maximum Gasteiger partial charge on any atom is 0.337 e. The predicted molar refractivity (Wildman–Crippen MR) is 55.0 cm³/mol. The molecule has 0 aliphatic rings. The van der Waals surface area contributed by atoms with Crippen LogP contribution in [0.15, 0.2) is 24.3 Å². The Morgan fingerprint density at radius 3 is 2.86 bits per heavy atom. The van der Waals surface area contributed by atoms with E-state index in [1.54, 1.807) is 12.1 Å². The van der Waals surface area contributed by atoms with Crippen LogP contribution in [0.5, 0.6) is 0 Å². The first-order chi connectivity index (χ1) is 6.69. The van der Waals surface area contributed by atoms with Gasteiger partial charge in [0.25, 0.3) is 0 Å². The maximum absolute atomic E-state index is 11.2. The molecular formula is C11H15NO2.